The molecule has 0 fully saturated rings. The molecule has 3 nitrogen and oxygen atoms in total. The van der Waals surface area contributed by atoms with Gasteiger partial charge < -0.3 is 13.4 Å². The molecule has 0 aromatic carbocycles. The monoisotopic (exact) mass is 389 g/mol. The summed E-state index contributed by atoms with van der Waals surface area (Å²) in [7, 11) is 0.168. The Morgan fingerprint density at radius 2 is 1.20 bits per heavy atom. The lowest BCUT2D eigenvalue weighted by Crippen LogP contribution is -2.60. The van der Waals surface area contributed by atoms with E-state index >= 15 is 0 Å². The Labute approximate surface area is 161 Å². The van der Waals surface area contributed by atoms with Crippen LogP contribution in [0.5, 0.6) is 0 Å². The second-order valence-corrected chi connectivity index (χ2v) is 18.1. The number of unbranched alkanes of at least 4 members (excludes halogenated alkanes) is 2. The maximum atomic E-state index is 5.65. The van der Waals surface area contributed by atoms with E-state index in [1.165, 1.54) is 38.8 Å². The third-order valence-electron chi connectivity index (χ3n) is 6.28. The lowest BCUT2D eigenvalue weighted by atomic mass is 10.3. The zero-order valence-electron chi connectivity index (χ0n) is 18.9. The lowest BCUT2D eigenvalue weighted by molar-refractivity contribution is 0.247. The summed E-state index contributed by atoms with van der Waals surface area (Å²) < 4.78 is 14.3. The van der Waals surface area contributed by atoms with E-state index in [0.717, 1.165) is 22.7 Å². The summed E-state index contributed by atoms with van der Waals surface area (Å²) in [5, 5.41) is 0. The summed E-state index contributed by atoms with van der Waals surface area (Å²) in [6.07, 6.45) is 5.09. The summed E-state index contributed by atoms with van der Waals surface area (Å²) in [6, 6.07) is 1.10. The van der Waals surface area contributed by atoms with Crippen molar-refractivity contribution in [3.8, 4) is 0 Å². The maximum absolute atomic E-state index is 5.65. The zero-order chi connectivity index (χ0) is 19.7. The number of hydrogen-bond acceptors (Lipinski definition) is 3. The van der Waals surface area contributed by atoms with E-state index in [1.54, 1.807) is 14.2 Å². The van der Waals surface area contributed by atoms with Gasteiger partial charge in [0.2, 0.25) is 0 Å². The van der Waals surface area contributed by atoms with Gasteiger partial charge in [-0.15, -0.1) is 0 Å². The fourth-order valence-electron chi connectivity index (χ4n) is 4.98. The highest BCUT2D eigenvalue weighted by Gasteiger charge is 2.47. The predicted molar refractivity (Wildman–Crippen MR) is 117 cm³/mol. The molecule has 0 unspecified atom stereocenters. The van der Waals surface area contributed by atoms with E-state index < -0.39 is 16.8 Å². The van der Waals surface area contributed by atoms with Crippen LogP contribution in [0, 0.1) is 0 Å². The molecule has 0 aromatic rings. The summed E-state index contributed by atoms with van der Waals surface area (Å²) in [5.74, 6) is 0. The molecule has 0 saturated carbocycles. The average Bonchev–Trinajstić information content (AvgIpc) is 2.54. The highest BCUT2D eigenvalue weighted by molar-refractivity contribution is 6.81. The van der Waals surface area contributed by atoms with Gasteiger partial charge in [-0.3, -0.25) is 0 Å². The van der Waals surface area contributed by atoms with Crippen molar-refractivity contribution in [1.82, 2.24) is 4.57 Å². The molecule has 0 aliphatic heterocycles. The van der Waals surface area contributed by atoms with E-state index in [1.807, 2.05) is 0 Å². The maximum Gasteiger partial charge on any atom is 0.334 e. The Kier molecular flexibility index (Phi) is 12.1. The first kappa shape index (κ1) is 25.3. The molecule has 5 heteroatoms. The number of rotatable bonds is 14. The molecule has 0 aliphatic rings. The second kappa shape index (κ2) is 11.9. The standard InChI is InChI=1S/C20H47NO2Si2/c1-11-12-15-21(16-13-14-17-24(10,22-8)23-9)25(18(2)3,19(4)5)20(6)7/h18-20H,11-17H2,1-10H3. The Bertz CT molecular complexity index is 323. The lowest BCUT2D eigenvalue weighted by Gasteiger charge is -2.51. The van der Waals surface area contributed by atoms with Crippen molar-refractivity contribution < 1.29 is 8.85 Å². The normalized spacial score (nSPS) is 13.7. The Morgan fingerprint density at radius 3 is 1.56 bits per heavy atom. The summed E-state index contributed by atoms with van der Waals surface area (Å²) >= 11 is 0. The van der Waals surface area contributed by atoms with Crippen LogP contribution in [0.25, 0.3) is 0 Å². The summed E-state index contributed by atoms with van der Waals surface area (Å²) in [5.41, 5.74) is 2.38. The van der Waals surface area contributed by atoms with Crippen molar-refractivity contribution >= 4 is 16.8 Å². The van der Waals surface area contributed by atoms with Crippen LogP contribution >= 0.6 is 0 Å². The van der Waals surface area contributed by atoms with Gasteiger partial charge in [-0.05, 0) is 55.1 Å². The molecule has 0 aromatic heterocycles. The quantitative estimate of drug-likeness (QED) is 0.253. The molecule has 152 valence electrons. The van der Waals surface area contributed by atoms with Gasteiger partial charge in [0.25, 0.3) is 0 Å². The third kappa shape index (κ3) is 6.76. The fraction of sp³-hybridized carbons (Fsp3) is 1.00. The summed E-state index contributed by atoms with van der Waals surface area (Å²) in [6.45, 7) is 21.9. The first-order valence-corrected chi connectivity index (χ1v) is 15.2. The SMILES string of the molecule is CCCCN(CCCC[Si](C)(OC)OC)[Si](C(C)C)(C(C)C)C(C)C. The average molecular weight is 390 g/mol. The molecule has 0 spiro atoms. The molecule has 0 bridgehead atoms. The van der Waals surface area contributed by atoms with Gasteiger partial charge in [0.1, 0.15) is 8.24 Å². The van der Waals surface area contributed by atoms with Crippen LogP contribution in [-0.4, -0.2) is 48.7 Å². The molecule has 0 saturated heterocycles. The topological polar surface area (TPSA) is 21.7 Å². The van der Waals surface area contributed by atoms with Gasteiger partial charge in [0, 0.05) is 14.2 Å². The minimum absolute atomic E-state index is 0.793. The fourth-order valence-corrected chi connectivity index (χ4v) is 13.7. The first-order valence-electron chi connectivity index (χ1n) is 10.5. The van der Waals surface area contributed by atoms with Crippen molar-refractivity contribution in [2.45, 2.75) is 103 Å². The van der Waals surface area contributed by atoms with E-state index in [4.69, 9.17) is 8.85 Å². The molecule has 0 N–H and O–H groups in total. The van der Waals surface area contributed by atoms with E-state index in [0.29, 0.717) is 0 Å². The van der Waals surface area contributed by atoms with Crippen LogP contribution in [0.15, 0.2) is 0 Å². The Balaban J connectivity index is 5.14. The highest BCUT2D eigenvalue weighted by Crippen LogP contribution is 2.44. The Hall–Kier alpha value is 0.314. The van der Waals surface area contributed by atoms with Gasteiger partial charge >= 0.3 is 8.56 Å². The minimum atomic E-state index is -1.91. The van der Waals surface area contributed by atoms with E-state index in [2.05, 4.69) is 59.6 Å². The molecule has 0 radical (unpaired) electrons. The molecule has 0 amide bonds. The van der Waals surface area contributed by atoms with Crippen molar-refractivity contribution in [3.05, 3.63) is 0 Å². The zero-order valence-corrected chi connectivity index (χ0v) is 20.9. The van der Waals surface area contributed by atoms with Crippen LogP contribution in [0.4, 0.5) is 0 Å². The third-order valence-corrected chi connectivity index (χ3v) is 16.4. The van der Waals surface area contributed by atoms with Crippen molar-refractivity contribution in [1.29, 1.82) is 0 Å². The number of nitrogens with zero attached hydrogens (tertiary/aromatic N) is 1. The Morgan fingerprint density at radius 1 is 0.760 bits per heavy atom. The molecular formula is C20H47NO2Si2. The molecule has 0 heterocycles. The van der Waals surface area contributed by atoms with Gasteiger partial charge in [0.05, 0.1) is 0 Å². The van der Waals surface area contributed by atoms with Crippen LogP contribution in [0.3, 0.4) is 0 Å². The molecule has 0 atom stereocenters. The van der Waals surface area contributed by atoms with Crippen LogP contribution < -0.4 is 0 Å². The van der Waals surface area contributed by atoms with Gasteiger partial charge in [-0.2, -0.15) is 0 Å². The number of hydrogen-bond donors (Lipinski definition) is 0. The largest absolute Gasteiger partial charge is 0.398 e. The van der Waals surface area contributed by atoms with Crippen molar-refractivity contribution in [2.75, 3.05) is 27.3 Å². The van der Waals surface area contributed by atoms with Crippen LogP contribution in [-0.2, 0) is 8.85 Å². The summed E-state index contributed by atoms with van der Waals surface area (Å²) in [4.78, 5) is 0. The van der Waals surface area contributed by atoms with Crippen molar-refractivity contribution in [3.63, 3.8) is 0 Å². The van der Waals surface area contributed by atoms with Crippen LogP contribution in [0.1, 0.15) is 74.1 Å². The van der Waals surface area contributed by atoms with E-state index in [-0.39, 0.29) is 0 Å². The smallest absolute Gasteiger partial charge is 0.334 e. The van der Waals surface area contributed by atoms with Gasteiger partial charge in [-0.1, -0.05) is 61.3 Å². The highest BCUT2D eigenvalue weighted by atomic mass is 28.4. The molecular weight excluding hydrogens is 342 g/mol. The first-order chi connectivity index (χ1) is 11.6. The van der Waals surface area contributed by atoms with Gasteiger partial charge in [-0.25, -0.2) is 0 Å². The van der Waals surface area contributed by atoms with E-state index in [9.17, 15) is 0 Å². The molecule has 0 rings (SSSR count). The predicted octanol–water partition coefficient (Wildman–Crippen LogP) is 6.41. The van der Waals surface area contributed by atoms with Crippen molar-refractivity contribution in [2.24, 2.45) is 0 Å². The van der Waals surface area contributed by atoms with Crippen LogP contribution in [0.2, 0.25) is 29.2 Å². The molecule has 25 heavy (non-hydrogen) atoms. The molecule has 0 aliphatic carbocycles. The van der Waals surface area contributed by atoms with Gasteiger partial charge in [0.15, 0.2) is 0 Å². The minimum Gasteiger partial charge on any atom is -0.398 e. The second-order valence-electron chi connectivity index (χ2n) is 8.69.